The lowest BCUT2D eigenvalue weighted by atomic mass is 10.1. The summed E-state index contributed by atoms with van der Waals surface area (Å²) >= 11 is 0.917. The maximum Gasteiger partial charge on any atom is 0.324 e. The summed E-state index contributed by atoms with van der Waals surface area (Å²) in [6, 6.07) is 11.9. The molecule has 0 N–H and O–H groups in total. The molecule has 0 spiro atoms. The number of hydrogen-bond donors (Lipinski definition) is 0. The second kappa shape index (κ2) is 6.07. The first-order valence-electron chi connectivity index (χ1n) is 5.69. The average Bonchev–Trinajstić information content (AvgIpc) is 2.88. The van der Waals surface area contributed by atoms with Crippen LogP contribution in [-0.4, -0.2) is 9.85 Å². The highest BCUT2D eigenvalue weighted by molar-refractivity contribution is 7.16. The van der Waals surface area contributed by atoms with Crippen molar-refractivity contribution < 1.29 is 9.85 Å². The molecule has 0 saturated heterocycles. The number of hydrogen-bond acceptors (Lipinski definition) is 5. The van der Waals surface area contributed by atoms with Crippen LogP contribution >= 0.6 is 11.3 Å². The van der Waals surface area contributed by atoms with Gasteiger partial charge in [-0.05, 0) is 11.6 Å². The molecule has 1 aromatic heterocycles. The number of nitrogens with zero attached hydrogens (tertiary/aromatic N) is 2. The van der Waals surface area contributed by atoms with E-state index in [4.69, 9.17) is 0 Å². The minimum atomic E-state index is -0.509. The lowest BCUT2D eigenvalue weighted by Crippen LogP contribution is -2.01. The minimum Gasteiger partial charge on any atom is -0.259 e. The Kier molecular flexibility index (Phi) is 4.21. The molecule has 2 rings (SSSR count). The zero-order valence-corrected chi connectivity index (χ0v) is 11.1. The third-order valence-corrected chi connectivity index (χ3v) is 3.55. The van der Waals surface area contributed by atoms with E-state index >= 15 is 0 Å². The van der Waals surface area contributed by atoms with Gasteiger partial charge >= 0.3 is 5.00 Å². The fraction of sp³-hybridized carbons (Fsp3) is 0.0769. The van der Waals surface area contributed by atoms with Crippen LogP contribution in [0.4, 0.5) is 5.00 Å². The van der Waals surface area contributed by atoms with Gasteiger partial charge in [0, 0.05) is 17.0 Å². The molecular weight excluding hydrogens is 280 g/mol. The van der Waals surface area contributed by atoms with Gasteiger partial charge in [0.1, 0.15) is 0 Å². The Morgan fingerprint density at radius 3 is 2.35 bits per heavy atom. The first kappa shape index (κ1) is 13.9. The van der Waals surface area contributed by atoms with Crippen molar-refractivity contribution in [2.24, 2.45) is 0 Å². The van der Waals surface area contributed by atoms with Crippen molar-refractivity contribution in [2.75, 3.05) is 0 Å². The van der Waals surface area contributed by atoms with E-state index in [0.29, 0.717) is 4.88 Å². The molecule has 0 aliphatic heterocycles. The fourth-order valence-corrected chi connectivity index (χ4v) is 2.44. The van der Waals surface area contributed by atoms with Crippen molar-refractivity contribution in [3.8, 4) is 0 Å². The average molecular weight is 290 g/mol. The quantitative estimate of drug-likeness (QED) is 0.622. The molecule has 0 aliphatic carbocycles. The predicted molar refractivity (Wildman–Crippen MR) is 76.1 cm³/mol. The molecule has 0 amide bonds. The first-order valence-corrected chi connectivity index (χ1v) is 6.51. The van der Waals surface area contributed by atoms with E-state index in [-0.39, 0.29) is 17.1 Å². The lowest BCUT2D eigenvalue weighted by Gasteiger charge is -1.98. The Bertz CT molecular complexity index is 664. The highest BCUT2D eigenvalue weighted by atomic mass is 32.1. The fourth-order valence-electron chi connectivity index (χ4n) is 1.66. The predicted octanol–water partition coefficient (Wildman–Crippen LogP) is 3.52. The SMILES string of the molecule is O=[N+]([O-])/C(=C/c1ccc([N+](=O)[O-])s1)Cc1ccccc1. The van der Waals surface area contributed by atoms with Gasteiger partial charge < -0.3 is 0 Å². The highest BCUT2D eigenvalue weighted by Crippen LogP contribution is 2.26. The summed E-state index contributed by atoms with van der Waals surface area (Å²) in [7, 11) is 0. The summed E-state index contributed by atoms with van der Waals surface area (Å²) in [6.07, 6.45) is 1.56. The first-order chi connectivity index (χ1) is 9.56. The van der Waals surface area contributed by atoms with Gasteiger partial charge in [0.25, 0.3) is 5.70 Å². The molecule has 6 nitrogen and oxygen atoms in total. The van der Waals surface area contributed by atoms with Crippen molar-refractivity contribution in [2.45, 2.75) is 6.42 Å². The molecule has 1 heterocycles. The monoisotopic (exact) mass is 290 g/mol. The number of nitro groups is 2. The maximum atomic E-state index is 11.1. The molecule has 1 aromatic carbocycles. The van der Waals surface area contributed by atoms with E-state index < -0.39 is 9.85 Å². The zero-order chi connectivity index (χ0) is 14.5. The van der Waals surface area contributed by atoms with E-state index in [1.165, 1.54) is 18.2 Å². The van der Waals surface area contributed by atoms with E-state index in [1.54, 1.807) is 12.1 Å². The van der Waals surface area contributed by atoms with Gasteiger partial charge in [-0.25, -0.2) is 0 Å². The van der Waals surface area contributed by atoms with Gasteiger partial charge in [-0.1, -0.05) is 41.7 Å². The third-order valence-electron chi connectivity index (χ3n) is 2.56. The number of allylic oxidation sites excluding steroid dienone is 1. The minimum absolute atomic E-state index is 0.00736. The molecular formula is C13H10N2O4S. The van der Waals surface area contributed by atoms with Gasteiger partial charge in [-0.2, -0.15) is 0 Å². The Morgan fingerprint density at radius 2 is 1.80 bits per heavy atom. The van der Waals surface area contributed by atoms with Gasteiger partial charge in [0.05, 0.1) is 16.3 Å². The topological polar surface area (TPSA) is 86.3 Å². The molecule has 0 atom stereocenters. The summed E-state index contributed by atoms with van der Waals surface area (Å²) in [4.78, 5) is 21.2. The molecule has 7 heteroatoms. The van der Waals surface area contributed by atoms with Crippen LogP contribution in [0.1, 0.15) is 10.4 Å². The highest BCUT2D eigenvalue weighted by Gasteiger charge is 2.15. The van der Waals surface area contributed by atoms with Crippen LogP contribution in [0.15, 0.2) is 48.2 Å². The van der Waals surface area contributed by atoms with E-state index in [1.807, 2.05) is 18.2 Å². The molecule has 2 aromatic rings. The van der Waals surface area contributed by atoms with Crippen molar-refractivity contribution in [1.29, 1.82) is 0 Å². The largest absolute Gasteiger partial charge is 0.324 e. The number of thiophene rings is 1. The molecule has 0 saturated carbocycles. The second-order valence-electron chi connectivity index (χ2n) is 3.99. The van der Waals surface area contributed by atoms with Crippen molar-refractivity contribution in [1.82, 2.24) is 0 Å². The summed E-state index contributed by atoms with van der Waals surface area (Å²) in [5.41, 5.74) is 0.828. The van der Waals surface area contributed by atoms with Gasteiger partial charge in [0.2, 0.25) is 0 Å². The molecule has 0 bridgehead atoms. The Hall–Kier alpha value is -2.54. The van der Waals surface area contributed by atoms with Crippen LogP contribution < -0.4 is 0 Å². The summed E-state index contributed by atoms with van der Waals surface area (Å²) < 4.78 is 0. The Morgan fingerprint density at radius 1 is 1.10 bits per heavy atom. The second-order valence-corrected chi connectivity index (χ2v) is 5.08. The van der Waals surface area contributed by atoms with Gasteiger partial charge in [-0.15, -0.1) is 0 Å². The van der Waals surface area contributed by atoms with Crippen molar-refractivity contribution in [3.05, 3.63) is 78.8 Å². The Balaban J connectivity index is 2.25. The Labute approximate surface area is 118 Å². The van der Waals surface area contributed by atoms with Gasteiger partial charge in [0.15, 0.2) is 0 Å². The van der Waals surface area contributed by atoms with Crippen LogP contribution in [0.2, 0.25) is 0 Å². The molecule has 0 aliphatic rings. The number of rotatable bonds is 5. The van der Waals surface area contributed by atoms with Crippen LogP contribution in [0, 0.1) is 20.2 Å². The van der Waals surface area contributed by atoms with Gasteiger partial charge in [-0.3, -0.25) is 20.2 Å². The standard InChI is InChI=1S/C13H10N2O4S/c16-14(17)11(8-10-4-2-1-3-5-10)9-12-6-7-13(20-12)15(18)19/h1-7,9H,8H2/b11-9+. The zero-order valence-electron chi connectivity index (χ0n) is 10.3. The van der Waals surface area contributed by atoms with Crippen LogP contribution in [0.25, 0.3) is 6.08 Å². The van der Waals surface area contributed by atoms with E-state index in [9.17, 15) is 20.2 Å². The van der Waals surface area contributed by atoms with Crippen LogP contribution in [0.5, 0.6) is 0 Å². The third kappa shape index (κ3) is 3.48. The van der Waals surface area contributed by atoms with E-state index in [0.717, 1.165) is 16.9 Å². The van der Waals surface area contributed by atoms with Crippen LogP contribution in [0.3, 0.4) is 0 Å². The van der Waals surface area contributed by atoms with Crippen molar-refractivity contribution in [3.63, 3.8) is 0 Å². The van der Waals surface area contributed by atoms with E-state index in [2.05, 4.69) is 0 Å². The smallest absolute Gasteiger partial charge is 0.259 e. The normalized spacial score (nSPS) is 11.3. The van der Waals surface area contributed by atoms with Crippen molar-refractivity contribution >= 4 is 22.4 Å². The molecule has 102 valence electrons. The summed E-state index contributed by atoms with van der Waals surface area (Å²) in [5, 5.41) is 21.6. The molecule has 0 unspecified atom stereocenters. The molecule has 0 radical (unpaired) electrons. The van der Waals surface area contributed by atoms with Crippen LogP contribution in [-0.2, 0) is 6.42 Å². The lowest BCUT2D eigenvalue weighted by molar-refractivity contribution is -0.425. The maximum absolute atomic E-state index is 11.1. The number of benzene rings is 1. The summed E-state index contributed by atoms with van der Waals surface area (Å²) in [6.45, 7) is 0. The molecule has 20 heavy (non-hydrogen) atoms. The summed E-state index contributed by atoms with van der Waals surface area (Å²) in [5.74, 6) is 0. The molecule has 0 fully saturated rings.